The van der Waals surface area contributed by atoms with Gasteiger partial charge >= 0.3 is 0 Å². The van der Waals surface area contributed by atoms with Gasteiger partial charge in [-0.1, -0.05) is 56.6 Å². The second-order valence-electron chi connectivity index (χ2n) is 6.13. The molecule has 1 heterocycles. The zero-order chi connectivity index (χ0) is 15.6. The Morgan fingerprint density at radius 2 is 1.86 bits per heavy atom. The lowest BCUT2D eigenvalue weighted by molar-refractivity contribution is 0.546. The van der Waals surface area contributed by atoms with Crippen LogP contribution in [0.1, 0.15) is 37.7 Å². The number of halogens is 1. The number of rotatable bonds is 3. The van der Waals surface area contributed by atoms with Gasteiger partial charge < -0.3 is 11.1 Å². The minimum absolute atomic E-state index is 0.184. The van der Waals surface area contributed by atoms with E-state index in [2.05, 4.69) is 34.3 Å². The zero-order valence-electron chi connectivity index (χ0n) is 12.9. The summed E-state index contributed by atoms with van der Waals surface area (Å²) < 4.78 is 0. The van der Waals surface area contributed by atoms with Gasteiger partial charge in [0.25, 0.3) is 0 Å². The Bertz CT molecular complexity index is 647. The van der Waals surface area contributed by atoms with E-state index in [4.69, 9.17) is 17.3 Å². The van der Waals surface area contributed by atoms with Crippen molar-refractivity contribution in [2.24, 2.45) is 0 Å². The molecule has 0 amide bonds. The van der Waals surface area contributed by atoms with Crippen LogP contribution >= 0.6 is 11.6 Å². The van der Waals surface area contributed by atoms with Crippen LogP contribution in [0.4, 0.5) is 11.5 Å². The highest BCUT2D eigenvalue weighted by atomic mass is 35.5. The van der Waals surface area contributed by atoms with E-state index < -0.39 is 0 Å². The Kier molecular flexibility index (Phi) is 4.37. The van der Waals surface area contributed by atoms with Crippen LogP contribution in [0.15, 0.2) is 24.3 Å². The molecule has 3 N–H and O–H groups in total. The number of hydrogen-bond acceptors (Lipinski definition) is 4. The van der Waals surface area contributed by atoms with Gasteiger partial charge in [-0.3, -0.25) is 0 Å². The van der Waals surface area contributed by atoms with Crippen molar-refractivity contribution in [2.75, 3.05) is 11.1 Å². The average molecular weight is 305 g/mol. The monoisotopic (exact) mass is 304 g/mol. The summed E-state index contributed by atoms with van der Waals surface area (Å²) in [6.07, 6.45) is 0. The first-order chi connectivity index (χ1) is 9.79. The first-order valence-corrected chi connectivity index (χ1v) is 7.28. The molecule has 0 aliphatic carbocycles. The summed E-state index contributed by atoms with van der Waals surface area (Å²) in [5, 5.41) is 3.56. The molecule has 0 aliphatic heterocycles. The second kappa shape index (κ2) is 5.90. The lowest BCUT2D eigenvalue weighted by atomic mass is 9.96. The predicted molar refractivity (Wildman–Crippen MR) is 88.7 cm³/mol. The Hall–Kier alpha value is -1.81. The third-order valence-corrected chi connectivity index (χ3v) is 3.57. The Labute approximate surface area is 130 Å². The van der Waals surface area contributed by atoms with E-state index >= 15 is 0 Å². The number of nitrogens with two attached hydrogens (primary N) is 1. The van der Waals surface area contributed by atoms with Gasteiger partial charge in [0.1, 0.15) is 11.5 Å². The van der Waals surface area contributed by atoms with Gasteiger partial charge in [-0.15, -0.1) is 0 Å². The fourth-order valence-electron chi connectivity index (χ4n) is 1.90. The molecule has 0 spiro atoms. The van der Waals surface area contributed by atoms with E-state index in [9.17, 15) is 0 Å². The quantitative estimate of drug-likeness (QED) is 0.843. The van der Waals surface area contributed by atoms with E-state index in [-0.39, 0.29) is 5.41 Å². The lowest BCUT2D eigenvalue weighted by Gasteiger charge is -2.19. The zero-order valence-corrected chi connectivity index (χ0v) is 13.6. The summed E-state index contributed by atoms with van der Waals surface area (Å²) in [5.41, 5.74) is 8.60. The van der Waals surface area contributed by atoms with Crippen LogP contribution in [0.25, 0.3) is 0 Å². The lowest BCUT2D eigenvalue weighted by Crippen LogP contribution is -2.18. The highest BCUT2D eigenvalue weighted by Gasteiger charge is 2.21. The molecule has 1 aromatic carbocycles. The molecular weight excluding hydrogens is 284 g/mol. The number of nitrogen functional groups attached to an aromatic ring is 1. The van der Waals surface area contributed by atoms with E-state index in [1.807, 2.05) is 32.9 Å². The molecule has 0 radical (unpaired) electrons. The first-order valence-electron chi connectivity index (χ1n) is 6.91. The van der Waals surface area contributed by atoms with Gasteiger partial charge in [-0.05, 0) is 18.1 Å². The molecule has 1 aromatic heterocycles. The number of benzene rings is 1. The molecule has 0 saturated heterocycles. The summed E-state index contributed by atoms with van der Waals surface area (Å²) >= 11 is 6.12. The largest absolute Gasteiger partial charge is 0.393 e. The molecule has 0 aliphatic rings. The number of aromatic nitrogens is 2. The summed E-state index contributed by atoms with van der Waals surface area (Å²) in [5.74, 6) is 1.26. The van der Waals surface area contributed by atoms with Crippen LogP contribution in [0.2, 0.25) is 5.15 Å². The number of anilines is 2. The molecule has 5 heteroatoms. The van der Waals surface area contributed by atoms with E-state index in [0.29, 0.717) is 29.0 Å². The Morgan fingerprint density at radius 3 is 2.48 bits per heavy atom. The van der Waals surface area contributed by atoms with Crippen molar-refractivity contribution in [2.45, 2.75) is 39.7 Å². The predicted octanol–water partition coefficient (Wildman–Crippen LogP) is 3.93. The van der Waals surface area contributed by atoms with Gasteiger partial charge in [-0.2, -0.15) is 0 Å². The molecule has 0 unspecified atom stereocenters. The van der Waals surface area contributed by atoms with Crippen LogP contribution in [-0.2, 0) is 12.0 Å². The standard InChI is InChI=1S/C16H21ClN4/c1-10-7-5-6-8-11(10)9-19-14-12(18)13(17)20-15(21-14)16(2,3)4/h5-8H,9,18H2,1-4H3,(H,19,20,21). The van der Waals surface area contributed by atoms with Crippen molar-refractivity contribution in [1.82, 2.24) is 9.97 Å². The molecule has 0 fully saturated rings. The van der Waals surface area contributed by atoms with Crippen molar-refractivity contribution in [3.05, 3.63) is 46.4 Å². The molecule has 4 nitrogen and oxygen atoms in total. The maximum absolute atomic E-state index is 6.12. The van der Waals surface area contributed by atoms with Crippen molar-refractivity contribution >= 4 is 23.1 Å². The minimum atomic E-state index is -0.184. The van der Waals surface area contributed by atoms with Crippen molar-refractivity contribution in [3.63, 3.8) is 0 Å². The summed E-state index contributed by atoms with van der Waals surface area (Å²) in [6.45, 7) is 8.85. The molecule has 112 valence electrons. The van der Waals surface area contributed by atoms with E-state index in [1.54, 1.807) is 0 Å². The third-order valence-electron chi connectivity index (χ3n) is 3.28. The second-order valence-corrected chi connectivity index (χ2v) is 6.49. The SMILES string of the molecule is Cc1ccccc1CNc1nc(C(C)(C)C)nc(Cl)c1N. The number of hydrogen-bond donors (Lipinski definition) is 2. The number of nitrogens with one attached hydrogen (secondary N) is 1. The third kappa shape index (κ3) is 3.64. The van der Waals surface area contributed by atoms with Crippen LogP contribution in [0, 0.1) is 6.92 Å². The molecule has 21 heavy (non-hydrogen) atoms. The maximum Gasteiger partial charge on any atom is 0.157 e. The maximum atomic E-state index is 6.12. The molecule has 0 saturated carbocycles. The van der Waals surface area contributed by atoms with Crippen molar-refractivity contribution in [1.29, 1.82) is 0 Å². The smallest absolute Gasteiger partial charge is 0.157 e. The van der Waals surface area contributed by atoms with E-state index in [0.717, 1.165) is 0 Å². The topological polar surface area (TPSA) is 63.8 Å². The van der Waals surface area contributed by atoms with Gasteiger partial charge in [0.2, 0.25) is 0 Å². The summed E-state index contributed by atoms with van der Waals surface area (Å²) in [4.78, 5) is 8.78. The number of aryl methyl sites for hydroxylation is 1. The van der Waals surface area contributed by atoms with Gasteiger partial charge in [-0.25, -0.2) is 9.97 Å². The van der Waals surface area contributed by atoms with Gasteiger partial charge in [0.05, 0.1) is 0 Å². The Balaban J connectivity index is 2.28. The van der Waals surface area contributed by atoms with Crippen molar-refractivity contribution in [3.8, 4) is 0 Å². The molecular formula is C16H21ClN4. The highest BCUT2D eigenvalue weighted by Crippen LogP contribution is 2.28. The Morgan fingerprint density at radius 1 is 1.19 bits per heavy atom. The van der Waals surface area contributed by atoms with Crippen LogP contribution < -0.4 is 11.1 Å². The fourth-order valence-corrected chi connectivity index (χ4v) is 2.07. The van der Waals surface area contributed by atoms with Crippen molar-refractivity contribution < 1.29 is 0 Å². The fraction of sp³-hybridized carbons (Fsp3) is 0.375. The minimum Gasteiger partial charge on any atom is -0.393 e. The molecule has 0 atom stereocenters. The molecule has 0 bridgehead atoms. The highest BCUT2D eigenvalue weighted by molar-refractivity contribution is 6.32. The van der Waals surface area contributed by atoms with Crippen LogP contribution in [0.5, 0.6) is 0 Å². The molecule has 2 aromatic rings. The van der Waals surface area contributed by atoms with Crippen LogP contribution in [0.3, 0.4) is 0 Å². The number of nitrogens with zero attached hydrogens (tertiary/aromatic N) is 2. The van der Waals surface area contributed by atoms with Gasteiger partial charge in [0, 0.05) is 12.0 Å². The normalized spacial score (nSPS) is 11.5. The molecule has 2 rings (SSSR count). The van der Waals surface area contributed by atoms with E-state index in [1.165, 1.54) is 11.1 Å². The van der Waals surface area contributed by atoms with Crippen LogP contribution in [-0.4, -0.2) is 9.97 Å². The van der Waals surface area contributed by atoms with Gasteiger partial charge in [0.15, 0.2) is 11.0 Å². The summed E-state index contributed by atoms with van der Waals surface area (Å²) in [6, 6.07) is 8.19. The first kappa shape index (κ1) is 15.6. The average Bonchev–Trinajstić information content (AvgIpc) is 2.40. The summed E-state index contributed by atoms with van der Waals surface area (Å²) in [7, 11) is 0.